The first-order valence-electron chi connectivity index (χ1n) is 3.64. The van der Waals surface area contributed by atoms with Gasteiger partial charge in [0.05, 0.1) is 0 Å². The van der Waals surface area contributed by atoms with Crippen molar-refractivity contribution in [3.05, 3.63) is 23.5 Å². The van der Waals surface area contributed by atoms with Crippen LogP contribution in [0.1, 0.15) is 18.5 Å². The third-order valence-corrected chi connectivity index (χ3v) is 2.79. The summed E-state index contributed by atoms with van der Waals surface area (Å²) in [5.74, 6) is 0.368. The Morgan fingerprint density at radius 2 is 2.33 bits per heavy atom. The topological polar surface area (TPSA) is 21.3 Å². The number of nitrogens with one attached hydrogen (secondary N) is 1. The molecule has 62 valence electrons. The Hall–Kier alpha value is -0.532. The zero-order valence-electron chi connectivity index (χ0n) is 6.47. The molecule has 4 heteroatoms. The van der Waals surface area contributed by atoms with Gasteiger partial charge in [-0.25, -0.2) is 0 Å². The zero-order chi connectivity index (χ0) is 8.72. The predicted octanol–water partition coefficient (Wildman–Crippen LogP) is 0.577. The molecule has 1 aliphatic heterocycles. The van der Waals surface area contributed by atoms with Crippen LogP contribution in [0.15, 0.2) is 12.1 Å². The Morgan fingerprint density at radius 3 is 3.08 bits per heavy atom. The van der Waals surface area contributed by atoms with E-state index in [0.717, 1.165) is 5.56 Å². The van der Waals surface area contributed by atoms with E-state index in [-0.39, 0.29) is 11.9 Å². The number of hydrogen-bond acceptors (Lipinski definition) is 2. The first-order valence-corrected chi connectivity index (χ1v) is 4.57. The molecule has 0 fully saturated rings. The summed E-state index contributed by atoms with van der Waals surface area (Å²) < 4.78 is 13.5. The number of benzene rings is 1. The fourth-order valence-electron chi connectivity index (χ4n) is 1.22. The van der Waals surface area contributed by atoms with Crippen LogP contribution in [0.3, 0.4) is 0 Å². The fourth-order valence-corrected chi connectivity index (χ4v) is 1.74. The van der Waals surface area contributed by atoms with Gasteiger partial charge in [0, 0.05) is 0 Å². The molecule has 12 heavy (non-hydrogen) atoms. The molecular weight excluding hydrogens is 220 g/mol. The van der Waals surface area contributed by atoms with Crippen molar-refractivity contribution in [2.75, 3.05) is 0 Å². The van der Waals surface area contributed by atoms with E-state index >= 15 is 0 Å². The Labute approximate surface area is 78.6 Å². The fraction of sp³-hybridized carbons (Fsp3) is 0.250. The molecule has 1 aromatic carbocycles. The monoisotopic (exact) mass is 227 g/mol. The van der Waals surface area contributed by atoms with Gasteiger partial charge in [0.15, 0.2) is 0 Å². The van der Waals surface area contributed by atoms with E-state index in [1.807, 2.05) is 6.92 Å². The molecule has 2 radical (unpaired) electrons. The second kappa shape index (κ2) is 2.75. The molecule has 1 unspecified atom stereocenters. The summed E-state index contributed by atoms with van der Waals surface area (Å²) in [7, 11) is 0. The summed E-state index contributed by atoms with van der Waals surface area (Å²) in [6, 6.07) is 3.34. The predicted molar refractivity (Wildman–Crippen MR) is 44.0 cm³/mol. The summed E-state index contributed by atoms with van der Waals surface area (Å²) in [5.41, 5.74) is 3.78. The van der Waals surface area contributed by atoms with E-state index in [9.17, 15) is 4.39 Å². The summed E-state index contributed by atoms with van der Waals surface area (Å²) in [6.45, 7) is 1.97. The second-order valence-electron chi connectivity index (χ2n) is 2.76. The van der Waals surface area contributed by atoms with E-state index < -0.39 is 0 Å². The normalized spacial score (nSPS) is 20.4. The molecule has 2 rings (SSSR count). The van der Waals surface area contributed by atoms with Gasteiger partial charge in [-0.2, -0.15) is 0 Å². The molecule has 1 atom stereocenters. The van der Waals surface area contributed by atoms with Crippen molar-refractivity contribution in [3.8, 4) is 5.75 Å². The zero-order valence-corrected chi connectivity index (χ0v) is 8.34. The van der Waals surface area contributed by atoms with Crippen LogP contribution in [-0.4, -0.2) is 16.9 Å². The molecule has 2 nitrogen and oxygen atoms in total. The van der Waals surface area contributed by atoms with Crippen LogP contribution in [0.25, 0.3) is 0 Å². The Bertz CT molecular complexity index is 329. The van der Waals surface area contributed by atoms with E-state index in [4.69, 9.17) is 4.84 Å². The van der Waals surface area contributed by atoms with Gasteiger partial charge >= 0.3 is 78.1 Å². The minimum atomic E-state index is -0.246. The molecular formula is C8H7AsFNO. The van der Waals surface area contributed by atoms with Crippen LogP contribution in [0.2, 0.25) is 0 Å². The minimum absolute atomic E-state index is 0.142. The van der Waals surface area contributed by atoms with Crippen molar-refractivity contribution < 1.29 is 9.23 Å². The first-order chi connectivity index (χ1) is 5.70. The van der Waals surface area contributed by atoms with Crippen molar-refractivity contribution in [1.82, 2.24) is 5.48 Å². The summed E-state index contributed by atoms with van der Waals surface area (Å²) in [5, 5.41) is 0. The average molecular weight is 227 g/mol. The Morgan fingerprint density at radius 1 is 1.58 bits per heavy atom. The van der Waals surface area contributed by atoms with Crippen LogP contribution in [0, 0.1) is 5.82 Å². The molecule has 1 aliphatic rings. The number of hydroxylamine groups is 1. The molecule has 0 amide bonds. The van der Waals surface area contributed by atoms with Crippen LogP contribution in [0.4, 0.5) is 4.39 Å². The molecule has 0 aliphatic carbocycles. The van der Waals surface area contributed by atoms with Gasteiger partial charge in [0.1, 0.15) is 0 Å². The third kappa shape index (κ3) is 1.05. The average Bonchev–Trinajstić information content (AvgIpc) is 2.41. The van der Waals surface area contributed by atoms with Gasteiger partial charge in [-0.15, -0.1) is 0 Å². The van der Waals surface area contributed by atoms with Crippen molar-refractivity contribution in [2.45, 2.75) is 13.0 Å². The summed E-state index contributed by atoms with van der Waals surface area (Å²) >= 11 is 2.18. The number of halogens is 1. The molecule has 0 bridgehead atoms. The van der Waals surface area contributed by atoms with Gasteiger partial charge in [-0.1, -0.05) is 0 Å². The third-order valence-electron chi connectivity index (χ3n) is 1.92. The Balaban J connectivity index is 2.60. The molecule has 1 aromatic rings. The summed E-state index contributed by atoms with van der Waals surface area (Å²) in [4.78, 5) is 5.12. The van der Waals surface area contributed by atoms with E-state index in [0.29, 0.717) is 10.1 Å². The standard InChI is InChI=1S/C8H7AsFNO/c1-4-5-2-3-6(10)7(9)8(5)12-11-4/h2-4,11H,1H3. The van der Waals surface area contributed by atoms with E-state index in [1.165, 1.54) is 6.07 Å². The van der Waals surface area contributed by atoms with Crippen LogP contribution >= 0.6 is 0 Å². The first kappa shape index (κ1) is 8.08. The van der Waals surface area contributed by atoms with E-state index in [2.05, 4.69) is 22.3 Å². The van der Waals surface area contributed by atoms with E-state index in [1.54, 1.807) is 6.07 Å². The van der Waals surface area contributed by atoms with Crippen molar-refractivity contribution >= 4 is 21.2 Å². The maximum atomic E-state index is 13.0. The van der Waals surface area contributed by atoms with Crippen molar-refractivity contribution in [3.63, 3.8) is 0 Å². The molecule has 0 saturated carbocycles. The van der Waals surface area contributed by atoms with Gasteiger partial charge < -0.3 is 0 Å². The Kier molecular flexibility index (Phi) is 1.85. The molecule has 0 saturated heterocycles. The quantitative estimate of drug-likeness (QED) is 0.654. The molecule has 1 heterocycles. The second-order valence-corrected chi connectivity index (χ2v) is 3.69. The number of rotatable bonds is 0. The molecule has 1 N–H and O–H groups in total. The SMILES string of the molecule is CC1NOc2c1ccc(F)c2[As]. The van der Waals surface area contributed by atoms with Gasteiger partial charge in [0.25, 0.3) is 0 Å². The van der Waals surface area contributed by atoms with Crippen molar-refractivity contribution in [2.24, 2.45) is 0 Å². The molecule has 0 spiro atoms. The van der Waals surface area contributed by atoms with Crippen LogP contribution in [-0.2, 0) is 0 Å². The van der Waals surface area contributed by atoms with Gasteiger partial charge in [-0.05, 0) is 0 Å². The summed E-state index contributed by atoms with van der Waals surface area (Å²) in [6.07, 6.45) is 0. The van der Waals surface area contributed by atoms with Gasteiger partial charge in [0.2, 0.25) is 0 Å². The van der Waals surface area contributed by atoms with Gasteiger partial charge in [-0.3, -0.25) is 0 Å². The maximum absolute atomic E-state index is 13.0. The van der Waals surface area contributed by atoms with Crippen LogP contribution < -0.4 is 14.7 Å². The van der Waals surface area contributed by atoms with Crippen LogP contribution in [0.5, 0.6) is 5.75 Å². The van der Waals surface area contributed by atoms with Crippen molar-refractivity contribution in [1.29, 1.82) is 0 Å². The molecule has 0 aromatic heterocycles. The number of hydrogen-bond donors (Lipinski definition) is 1. The number of fused-ring (bicyclic) bond motifs is 1.